The Bertz CT molecular complexity index is 713. The SMILES string of the molecule is CCOc1cccc(/C=N\NC(=O)c2ccc(C(C)(C)C)cc2)c1. The van der Waals surface area contributed by atoms with Crippen LogP contribution in [-0.2, 0) is 5.41 Å². The average Bonchev–Trinajstić information content (AvgIpc) is 2.55. The Morgan fingerprint density at radius 2 is 1.88 bits per heavy atom. The second-order valence-electron chi connectivity index (χ2n) is 6.53. The molecule has 126 valence electrons. The molecule has 0 heterocycles. The topological polar surface area (TPSA) is 50.7 Å². The second-order valence-corrected chi connectivity index (χ2v) is 6.53. The minimum Gasteiger partial charge on any atom is -0.494 e. The van der Waals surface area contributed by atoms with E-state index in [9.17, 15) is 4.79 Å². The third-order valence-corrected chi connectivity index (χ3v) is 3.56. The van der Waals surface area contributed by atoms with Crippen LogP contribution in [0.25, 0.3) is 0 Å². The lowest BCUT2D eigenvalue weighted by Gasteiger charge is -2.18. The van der Waals surface area contributed by atoms with Crippen LogP contribution < -0.4 is 10.2 Å². The fourth-order valence-corrected chi connectivity index (χ4v) is 2.20. The zero-order valence-corrected chi connectivity index (χ0v) is 14.7. The maximum Gasteiger partial charge on any atom is 0.271 e. The van der Waals surface area contributed by atoms with Gasteiger partial charge < -0.3 is 4.74 Å². The van der Waals surface area contributed by atoms with Crippen molar-refractivity contribution >= 4 is 12.1 Å². The van der Waals surface area contributed by atoms with Gasteiger partial charge in [-0.05, 0) is 47.7 Å². The monoisotopic (exact) mass is 324 g/mol. The summed E-state index contributed by atoms with van der Waals surface area (Å²) < 4.78 is 5.43. The Balaban J connectivity index is 1.98. The molecular formula is C20H24N2O2. The highest BCUT2D eigenvalue weighted by molar-refractivity contribution is 5.94. The molecule has 0 saturated carbocycles. The predicted octanol–water partition coefficient (Wildman–Crippen LogP) is 4.15. The van der Waals surface area contributed by atoms with E-state index in [0.29, 0.717) is 12.2 Å². The molecule has 0 unspecified atom stereocenters. The molecule has 0 bridgehead atoms. The number of carbonyl (C=O) groups is 1. The first kappa shape index (κ1) is 17.7. The largest absolute Gasteiger partial charge is 0.494 e. The molecule has 1 N–H and O–H groups in total. The third-order valence-electron chi connectivity index (χ3n) is 3.56. The normalized spacial score (nSPS) is 11.5. The number of ether oxygens (including phenoxy) is 1. The summed E-state index contributed by atoms with van der Waals surface area (Å²) in [6, 6.07) is 15.1. The highest BCUT2D eigenvalue weighted by atomic mass is 16.5. The summed E-state index contributed by atoms with van der Waals surface area (Å²) in [5.41, 5.74) is 5.26. The second kappa shape index (κ2) is 7.77. The van der Waals surface area contributed by atoms with E-state index in [2.05, 4.69) is 31.3 Å². The highest BCUT2D eigenvalue weighted by Crippen LogP contribution is 2.22. The Morgan fingerprint density at radius 1 is 1.17 bits per heavy atom. The molecule has 0 spiro atoms. The molecule has 24 heavy (non-hydrogen) atoms. The van der Waals surface area contributed by atoms with E-state index in [1.165, 1.54) is 5.56 Å². The van der Waals surface area contributed by atoms with Crippen LogP contribution in [0.1, 0.15) is 49.2 Å². The molecular weight excluding hydrogens is 300 g/mol. The summed E-state index contributed by atoms with van der Waals surface area (Å²) in [6.07, 6.45) is 1.60. The van der Waals surface area contributed by atoms with Gasteiger partial charge in [-0.1, -0.05) is 45.0 Å². The summed E-state index contributed by atoms with van der Waals surface area (Å²) in [5.74, 6) is 0.554. The van der Waals surface area contributed by atoms with E-state index in [0.717, 1.165) is 11.3 Å². The van der Waals surface area contributed by atoms with Crippen molar-refractivity contribution in [1.29, 1.82) is 0 Å². The molecule has 0 atom stereocenters. The molecule has 4 nitrogen and oxygen atoms in total. The Labute approximate surface area is 143 Å². The van der Waals surface area contributed by atoms with Gasteiger partial charge in [-0.2, -0.15) is 5.10 Å². The number of hydrogen-bond donors (Lipinski definition) is 1. The number of amides is 1. The summed E-state index contributed by atoms with van der Waals surface area (Å²) in [5, 5.41) is 4.01. The van der Waals surface area contributed by atoms with E-state index >= 15 is 0 Å². The standard InChI is InChI=1S/C20H24N2O2/c1-5-24-18-8-6-7-15(13-18)14-21-22-19(23)16-9-11-17(12-10-16)20(2,3)4/h6-14H,5H2,1-4H3,(H,22,23)/b21-14-. The summed E-state index contributed by atoms with van der Waals surface area (Å²) >= 11 is 0. The van der Waals surface area contributed by atoms with Crippen molar-refractivity contribution in [2.45, 2.75) is 33.1 Å². The first-order chi connectivity index (χ1) is 11.4. The molecule has 0 fully saturated rings. The van der Waals surface area contributed by atoms with E-state index in [4.69, 9.17) is 4.74 Å². The Kier molecular flexibility index (Phi) is 5.74. The Hall–Kier alpha value is -2.62. The Morgan fingerprint density at radius 3 is 2.50 bits per heavy atom. The zero-order chi connectivity index (χ0) is 17.6. The van der Waals surface area contributed by atoms with Crippen LogP contribution in [0.2, 0.25) is 0 Å². The number of rotatable bonds is 5. The molecule has 4 heteroatoms. The molecule has 0 aliphatic heterocycles. The molecule has 0 aliphatic rings. The summed E-state index contributed by atoms with van der Waals surface area (Å²) in [7, 11) is 0. The predicted molar refractivity (Wildman–Crippen MR) is 97.8 cm³/mol. The van der Waals surface area contributed by atoms with Gasteiger partial charge in [-0.25, -0.2) is 5.43 Å². The fraction of sp³-hybridized carbons (Fsp3) is 0.300. The number of carbonyl (C=O) groups excluding carboxylic acids is 1. The van der Waals surface area contributed by atoms with Crippen molar-refractivity contribution in [3.05, 3.63) is 65.2 Å². The minimum absolute atomic E-state index is 0.0682. The van der Waals surface area contributed by atoms with Gasteiger partial charge in [0.1, 0.15) is 5.75 Å². The van der Waals surface area contributed by atoms with Crippen LogP contribution in [0.3, 0.4) is 0 Å². The molecule has 2 aromatic rings. The summed E-state index contributed by atoms with van der Waals surface area (Å²) in [4.78, 5) is 12.1. The van der Waals surface area contributed by atoms with Gasteiger partial charge in [-0.3, -0.25) is 4.79 Å². The quantitative estimate of drug-likeness (QED) is 0.663. The highest BCUT2D eigenvalue weighted by Gasteiger charge is 2.14. The molecule has 2 rings (SSSR count). The maximum absolute atomic E-state index is 12.1. The van der Waals surface area contributed by atoms with Crippen LogP contribution in [0.4, 0.5) is 0 Å². The first-order valence-electron chi connectivity index (χ1n) is 8.07. The first-order valence-corrected chi connectivity index (χ1v) is 8.07. The lowest BCUT2D eigenvalue weighted by Crippen LogP contribution is -2.18. The zero-order valence-electron chi connectivity index (χ0n) is 14.7. The van der Waals surface area contributed by atoms with Crippen LogP contribution in [-0.4, -0.2) is 18.7 Å². The molecule has 2 aromatic carbocycles. The van der Waals surface area contributed by atoms with Crippen molar-refractivity contribution in [1.82, 2.24) is 5.43 Å². The van der Waals surface area contributed by atoms with Gasteiger partial charge in [0.15, 0.2) is 0 Å². The van der Waals surface area contributed by atoms with Crippen LogP contribution in [0.5, 0.6) is 5.75 Å². The van der Waals surface area contributed by atoms with Crippen molar-refractivity contribution in [3.8, 4) is 5.75 Å². The van der Waals surface area contributed by atoms with E-state index in [-0.39, 0.29) is 11.3 Å². The van der Waals surface area contributed by atoms with Gasteiger partial charge in [0.05, 0.1) is 12.8 Å². The van der Waals surface area contributed by atoms with Crippen LogP contribution >= 0.6 is 0 Å². The molecule has 0 aromatic heterocycles. The van der Waals surface area contributed by atoms with Crippen molar-refractivity contribution in [3.63, 3.8) is 0 Å². The van der Waals surface area contributed by atoms with Crippen LogP contribution in [0.15, 0.2) is 53.6 Å². The van der Waals surface area contributed by atoms with Gasteiger partial charge in [0, 0.05) is 5.56 Å². The van der Waals surface area contributed by atoms with Crippen LogP contribution in [0, 0.1) is 0 Å². The number of nitrogens with zero attached hydrogens (tertiary/aromatic N) is 1. The summed E-state index contributed by atoms with van der Waals surface area (Å²) in [6.45, 7) is 8.97. The van der Waals surface area contributed by atoms with Gasteiger partial charge in [0.25, 0.3) is 5.91 Å². The number of hydrazone groups is 1. The molecule has 0 aliphatic carbocycles. The van der Waals surface area contributed by atoms with Crippen molar-refractivity contribution < 1.29 is 9.53 Å². The minimum atomic E-state index is -0.229. The van der Waals surface area contributed by atoms with Gasteiger partial charge >= 0.3 is 0 Å². The van der Waals surface area contributed by atoms with E-state index in [1.807, 2.05) is 55.5 Å². The molecule has 1 amide bonds. The smallest absolute Gasteiger partial charge is 0.271 e. The lowest BCUT2D eigenvalue weighted by atomic mass is 9.87. The number of nitrogens with one attached hydrogen (secondary N) is 1. The number of hydrogen-bond acceptors (Lipinski definition) is 3. The van der Waals surface area contributed by atoms with Crippen molar-refractivity contribution in [2.75, 3.05) is 6.61 Å². The molecule has 0 radical (unpaired) electrons. The molecule has 0 saturated heterocycles. The van der Waals surface area contributed by atoms with Gasteiger partial charge in [0.2, 0.25) is 0 Å². The van der Waals surface area contributed by atoms with E-state index < -0.39 is 0 Å². The maximum atomic E-state index is 12.1. The lowest BCUT2D eigenvalue weighted by molar-refractivity contribution is 0.0955. The fourth-order valence-electron chi connectivity index (χ4n) is 2.20. The number of benzene rings is 2. The van der Waals surface area contributed by atoms with E-state index in [1.54, 1.807) is 6.21 Å². The third kappa shape index (κ3) is 4.95. The van der Waals surface area contributed by atoms with Crippen molar-refractivity contribution in [2.24, 2.45) is 5.10 Å². The average molecular weight is 324 g/mol. The van der Waals surface area contributed by atoms with Gasteiger partial charge in [-0.15, -0.1) is 0 Å².